The molecule has 0 saturated carbocycles. The third kappa shape index (κ3) is 3.37. The van der Waals surface area contributed by atoms with E-state index in [-0.39, 0.29) is 16.0 Å². The van der Waals surface area contributed by atoms with E-state index < -0.39 is 10.0 Å². The fraction of sp³-hybridized carbons (Fsp3) is 0.333. The van der Waals surface area contributed by atoms with Crippen LogP contribution >= 0.6 is 11.6 Å². The van der Waals surface area contributed by atoms with Gasteiger partial charge in [-0.1, -0.05) is 11.6 Å². The van der Waals surface area contributed by atoms with Crippen molar-refractivity contribution in [3.8, 4) is 5.75 Å². The Labute approximate surface area is 94.0 Å². The summed E-state index contributed by atoms with van der Waals surface area (Å²) in [5.74, 6) is 0.429. The predicted molar refractivity (Wildman–Crippen MR) is 58.6 cm³/mol. The molecule has 0 aliphatic carbocycles. The molecule has 0 fully saturated rings. The van der Waals surface area contributed by atoms with Gasteiger partial charge in [-0.05, 0) is 26.0 Å². The maximum atomic E-state index is 11.1. The maximum absolute atomic E-state index is 11.1. The number of halogens is 1. The normalized spacial score (nSPS) is 11.8. The van der Waals surface area contributed by atoms with E-state index in [4.69, 9.17) is 21.5 Å². The lowest BCUT2D eigenvalue weighted by Gasteiger charge is -2.11. The number of ether oxygens (including phenoxy) is 1. The Kier molecular flexibility index (Phi) is 3.59. The molecule has 0 aliphatic rings. The van der Waals surface area contributed by atoms with Gasteiger partial charge < -0.3 is 4.74 Å². The van der Waals surface area contributed by atoms with Crippen molar-refractivity contribution in [1.82, 2.24) is 0 Å². The van der Waals surface area contributed by atoms with Crippen LogP contribution in [0.1, 0.15) is 13.8 Å². The molecule has 0 aliphatic heterocycles. The van der Waals surface area contributed by atoms with Crippen LogP contribution in [0.3, 0.4) is 0 Å². The molecule has 0 amide bonds. The van der Waals surface area contributed by atoms with Gasteiger partial charge in [0.05, 0.1) is 11.1 Å². The zero-order valence-corrected chi connectivity index (χ0v) is 9.97. The SMILES string of the molecule is CC(C)Oc1ccc(Cl)c(S(N)(=O)=O)c1. The van der Waals surface area contributed by atoms with E-state index in [0.29, 0.717) is 5.75 Å². The summed E-state index contributed by atoms with van der Waals surface area (Å²) in [5, 5.41) is 5.08. The minimum absolute atomic E-state index is 0.0421. The minimum Gasteiger partial charge on any atom is -0.491 e. The summed E-state index contributed by atoms with van der Waals surface area (Å²) in [7, 11) is -3.80. The van der Waals surface area contributed by atoms with Gasteiger partial charge in [-0.25, -0.2) is 13.6 Å². The molecule has 1 aromatic carbocycles. The summed E-state index contributed by atoms with van der Waals surface area (Å²) in [4.78, 5) is -0.123. The van der Waals surface area contributed by atoms with E-state index >= 15 is 0 Å². The molecular formula is C9H12ClNO3S. The molecule has 0 unspecified atom stereocenters. The monoisotopic (exact) mass is 249 g/mol. The summed E-state index contributed by atoms with van der Waals surface area (Å²) >= 11 is 5.70. The third-order valence-electron chi connectivity index (χ3n) is 1.58. The van der Waals surface area contributed by atoms with Crippen molar-refractivity contribution < 1.29 is 13.2 Å². The van der Waals surface area contributed by atoms with Gasteiger partial charge in [-0.2, -0.15) is 0 Å². The lowest BCUT2D eigenvalue weighted by Crippen LogP contribution is -2.13. The van der Waals surface area contributed by atoms with E-state index in [1.165, 1.54) is 12.1 Å². The molecule has 1 aromatic rings. The zero-order chi connectivity index (χ0) is 11.6. The standard InChI is InChI=1S/C9H12ClNO3S/c1-6(2)14-7-3-4-8(10)9(5-7)15(11,12)13/h3-6H,1-2H3,(H2,11,12,13). The minimum atomic E-state index is -3.80. The number of benzene rings is 1. The summed E-state index contributed by atoms with van der Waals surface area (Å²) in [6, 6.07) is 4.35. The summed E-state index contributed by atoms with van der Waals surface area (Å²) in [6.45, 7) is 3.68. The fourth-order valence-corrected chi connectivity index (χ4v) is 2.11. The van der Waals surface area contributed by atoms with Gasteiger partial charge in [-0.3, -0.25) is 0 Å². The molecule has 15 heavy (non-hydrogen) atoms. The van der Waals surface area contributed by atoms with E-state index in [2.05, 4.69) is 0 Å². The summed E-state index contributed by atoms with van der Waals surface area (Å²) < 4.78 is 27.6. The van der Waals surface area contributed by atoms with Crippen LogP contribution in [-0.4, -0.2) is 14.5 Å². The highest BCUT2D eigenvalue weighted by atomic mass is 35.5. The van der Waals surface area contributed by atoms with Crippen molar-refractivity contribution in [2.75, 3.05) is 0 Å². The van der Waals surface area contributed by atoms with E-state index in [1.807, 2.05) is 13.8 Å². The molecule has 4 nitrogen and oxygen atoms in total. The number of hydrogen-bond acceptors (Lipinski definition) is 3. The average Bonchev–Trinajstić information content (AvgIpc) is 2.05. The van der Waals surface area contributed by atoms with Gasteiger partial charge in [-0.15, -0.1) is 0 Å². The maximum Gasteiger partial charge on any atom is 0.239 e. The molecule has 0 aromatic heterocycles. The summed E-state index contributed by atoms with van der Waals surface area (Å²) in [6.07, 6.45) is -0.0421. The second-order valence-electron chi connectivity index (χ2n) is 3.30. The molecule has 1 rings (SSSR count). The van der Waals surface area contributed by atoms with Crippen LogP contribution in [0.15, 0.2) is 23.1 Å². The molecule has 0 saturated heterocycles. The van der Waals surface area contributed by atoms with Gasteiger partial charge in [0.15, 0.2) is 0 Å². The van der Waals surface area contributed by atoms with Crippen molar-refractivity contribution >= 4 is 21.6 Å². The Morgan fingerprint density at radius 3 is 2.47 bits per heavy atom. The zero-order valence-electron chi connectivity index (χ0n) is 8.40. The summed E-state index contributed by atoms with van der Waals surface area (Å²) in [5.41, 5.74) is 0. The lowest BCUT2D eigenvalue weighted by molar-refractivity contribution is 0.242. The number of primary sulfonamides is 1. The van der Waals surface area contributed by atoms with Crippen molar-refractivity contribution in [3.05, 3.63) is 23.2 Å². The molecule has 2 N–H and O–H groups in total. The number of rotatable bonds is 3. The second-order valence-corrected chi connectivity index (χ2v) is 5.24. The Hall–Kier alpha value is -0.780. The van der Waals surface area contributed by atoms with Gasteiger partial charge >= 0.3 is 0 Å². The molecule has 0 spiro atoms. The van der Waals surface area contributed by atoms with Crippen LogP contribution in [0.4, 0.5) is 0 Å². The first-order chi connectivity index (χ1) is 6.80. The van der Waals surface area contributed by atoms with Crippen molar-refractivity contribution in [2.45, 2.75) is 24.8 Å². The van der Waals surface area contributed by atoms with E-state index in [0.717, 1.165) is 0 Å². The molecular weight excluding hydrogens is 238 g/mol. The first-order valence-electron chi connectivity index (χ1n) is 4.29. The topological polar surface area (TPSA) is 69.4 Å². The lowest BCUT2D eigenvalue weighted by atomic mass is 10.3. The van der Waals surface area contributed by atoms with Crippen molar-refractivity contribution in [2.24, 2.45) is 5.14 Å². The molecule has 84 valence electrons. The Bertz CT molecular complexity index is 456. The highest BCUT2D eigenvalue weighted by molar-refractivity contribution is 7.89. The number of hydrogen-bond donors (Lipinski definition) is 1. The Morgan fingerprint density at radius 1 is 1.40 bits per heavy atom. The van der Waals surface area contributed by atoms with Gasteiger partial charge in [0.25, 0.3) is 0 Å². The van der Waals surface area contributed by atoms with Gasteiger partial charge in [0, 0.05) is 6.07 Å². The van der Waals surface area contributed by atoms with Crippen molar-refractivity contribution in [1.29, 1.82) is 0 Å². The molecule has 0 atom stereocenters. The molecule has 6 heteroatoms. The Morgan fingerprint density at radius 2 is 2.00 bits per heavy atom. The number of sulfonamides is 1. The van der Waals surface area contributed by atoms with Gasteiger partial charge in [0.2, 0.25) is 10.0 Å². The van der Waals surface area contributed by atoms with Crippen LogP contribution in [0.5, 0.6) is 5.75 Å². The predicted octanol–water partition coefficient (Wildman–Crippen LogP) is 1.77. The van der Waals surface area contributed by atoms with Crippen LogP contribution in [0.2, 0.25) is 5.02 Å². The van der Waals surface area contributed by atoms with Crippen LogP contribution in [-0.2, 0) is 10.0 Å². The van der Waals surface area contributed by atoms with Crippen LogP contribution in [0.25, 0.3) is 0 Å². The Balaban J connectivity index is 3.18. The van der Waals surface area contributed by atoms with E-state index in [9.17, 15) is 8.42 Å². The van der Waals surface area contributed by atoms with Crippen LogP contribution < -0.4 is 9.88 Å². The largest absolute Gasteiger partial charge is 0.491 e. The highest BCUT2D eigenvalue weighted by Crippen LogP contribution is 2.25. The second kappa shape index (κ2) is 4.38. The van der Waals surface area contributed by atoms with Gasteiger partial charge in [0.1, 0.15) is 10.6 Å². The average molecular weight is 250 g/mol. The fourth-order valence-electron chi connectivity index (χ4n) is 1.05. The third-order valence-corrected chi connectivity index (χ3v) is 2.97. The molecule has 0 heterocycles. The van der Waals surface area contributed by atoms with Crippen molar-refractivity contribution in [3.63, 3.8) is 0 Å². The number of nitrogens with two attached hydrogens (primary N) is 1. The smallest absolute Gasteiger partial charge is 0.239 e. The quantitative estimate of drug-likeness (QED) is 0.888. The first kappa shape index (κ1) is 12.3. The molecule has 0 radical (unpaired) electrons. The van der Waals surface area contributed by atoms with Crippen LogP contribution in [0, 0.1) is 0 Å². The van der Waals surface area contributed by atoms with E-state index in [1.54, 1.807) is 6.07 Å². The molecule has 0 bridgehead atoms. The highest BCUT2D eigenvalue weighted by Gasteiger charge is 2.14. The first-order valence-corrected chi connectivity index (χ1v) is 6.22.